The highest BCUT2D eigenvalue weighted by Crippen LogP contribution is 2.11. The molecule has 0 fully saturated rings. The standard InChI is InChI=1S/C6H9ClN/c1-8(7)5-3-2-4-6-8/h2-5H,6H2,1H3/q+1. The summed E-state index contributed by atoms with van der Waals surface area (Å²) in [7, 11) is 1.95. The smallest absolute Gasteiger partial charge is 0.170 e. The lowest BCUT2D eigenvalue weighted by Crippen LogP contribution is -2.27. The fourth-order valence-electron chi connectivity index (χ4n) is 0.636. The van der Waals surface area contributed by atoms with Crippen LogP contribution in [0.1, 0.15) is 0 Å². The largest absolute Gasteiger partial charge is 0.195 e. The van der Waals surface area contributed by atoms with E-state index in [1.807, 2.05) is 31.5 Å². The Morgan fingerprint density at radius 3 is 2.50 bits per heavy atom. The molecule has 44 valence electrons. The van der Waals surface area contributed by atoms with Gasteiger partial charge in [-0.1, -0.05) is 6.08 Å². The predicted octanol–water partition coefficient (Wildman–Crippen LogP) is 1.67. The Hall–Kier alpha value is -0.270. The van der Waals surface area contributed by atoms with Crippen molar-refractivity contribution in [2.45, 2.75) is 0 Å². The first-order valence-corrected chi connectivity index (χ1v) is 2.94. The lowest BCUT2D eigenvalue weighted by Gasteiger charge is -2.18. The molecule has 8 heavy (non-hydrogen) atoms. The molecule has 0 radical (unpaired) electrons. The number of quaternary nitrogens is 1. The van der Waals surface area contributed by atoms with Crippen molar-refractivity contribution in [2.24, 2.45) is 0 Å². The van der Waals surface area contributed by atoms with Gasteiger partial charge >= 0.3 is 0 Å². The molecule has 1 atom stereocenters. The normalized spacial score (nSPS) is 35.8. The van der Waals surface area contributed by atoms with E-state index in [2.05, 4.69) is 0 Å². The Morgan fingerprint density at radius 1 is 1.50 bits per heavy atom. The number of allylic oxidation sites excluding steroid dienone is 2. The topological polar surface area (TPSA) is 0 Å². The zero-order valence-corrected chi connectivity index (χ0v) is 5.60. The van der Waals surface area contributed by atoms with Crippen LogP contribution < -0.4 is 0 Å². The number of rotatable bonds is 0. The van der Waals surface area contributed by atoms with Gasteiger partial charge in [0.15, 0.2) is 11.8 Å². The number of halogens is 1. The lowest BCUT2D eigenvalue weighted by molar-refractivity contribution is -0.730. The summed E-state index contributed by atoms with van der Waals surface area (Å²) >= 11 is 5.87. The van der Waals surface area contributed by atoms with Crippen LogP contribution in [0.15, 0.2) is 24.4 Å². The molecule has 1 unspecified atom stereocenters. The van der Waals surface area contributed by atoms with Gasteiger partial charge in [-0.3, -0.25) is 0 Å². The summed E-state index contributed by atoms with van der Waals surface area (Å²) in [5.41, 5.74) is 0. The highest BCUT2D eigenvalue weighted by atomic mass is 35.5. The average Bonchev–Trinajstić information content (AvgIpc) is 1.65. The fraction of sp³-hybridized carbons (Fsp3) is 0.333. The summed E-state index contributed by atoms with van der Waals surface area (Å²) in [5.74, 6) is 0. The van der Waals surface area contributed by atoms with E-state index in [1.165, 1.54) is 0 Å². The third kappa shape index (κ3) is 1.35. The molecule has 0 aromatic rings. The van der Waals surface area contributed by atoms with Gasteiger partial charge in [0.05, 0.1) is 7.05 Å². The van der Waals surface area contributed by atoms with Crippen LogP contribution in [-0.4, -0.2) is 17.6 Å². The molecule has 1 aliphatic heterocycles. The second kappa shape index (κ2) is 1.92. The van der Waals surface area contributed by atoms with E-state index < -0.39 is 0 Å². The molecular weight excluding hydrogens is 122 g/mol. The van der Waals surface area contributed by atoms with Gasteiger partial charge in [0.1, 0.15) is 12.7 Å². The van der Waals surface area contributed by atoms with Crippen LogP contribution in [0.2, 0.25) is 0 Å². The van der Waals surface area contributed by atoms with E-state index in [-0.39, 0.29) is 0 Å². The summed E-state index contributed by atoms with van der Waals surface area (Å²) in [5, 5.41) is 0. The van der Waals surface area contributed by atoms with E-state index in [9.17, 15) is 0 Å². The number of likely N-dealkylation sites (N-methyl/N-ethyl adjacent to an activating group) is 1. The monoisotopic (exact) mass is 130 g/mol. The van der Waals surface area contributed by atoms with E-state index in [4.69, 9.17) is 11.8 Å². The second-order valence-corrected chi connectivity index (χ2v) is 2.87. The zero-order valence-electron chi connectivity index (χ0n) is 4.84. The highest BCUT2D eigenvalue weighted by Gasteiger charge is 2.13. The first-order chi connectivity index (χ1) is 3.71. The maximum absolute atomic E-state index is 5.87. The molecule has 0 aromatic carbocycles. The molecule has 1 aliphatic rings. The average molecular weight is 131 g/mol. The number of hydrogen-bond acceptors (Lipinski definition) is 0. The summed E-state index contributed by atoms with van der Waals surface area (Å²) in [6.07, 6.45) is 7.95. The highest BCUT2D eigenvalue weighted by molar-refractivity contribution is 6.07. The summed E-state index contributed by atoms with van der Waals surface area (Å²) < 4.78 is 0.455. The van der Waals surface area contributed by atoms with E-state index in [0.717, 1.165) is 6.54 Å². The van der Waals surface area contributed by atoms with Gasteiger partial charge in [0.2, 0.25) is 0 Å². The Kier molecular flexibility index (Phi) is 1.41. The third-order valence-corrected chi connectivity index (χ3v) is 1.36. The van der Waals surface area contributed by atoms with Gasteiger partial charge in [-0.15, -0.1) is 0 Å². The quantitative estimate of drug-likeness (QED) is 0.438. The minimum Gasteiger partial charge on any atom is -0.195 e. The van der Waals surface area contributed by atoms with E-state index in [0.29, 0.717) is 4.00 Å². The molecule has 0 aromatic heterocycles. The van der Waals surface area contributed by atoms with Crippen molar-refractivity contribution in [2.75, 3.05) is 13.6 Å². The predicted molar refractivity (Wildman–Crippen MR) is 35.2 cm³/mol. The van der Waals surface area contributed by atoms with Crippen molar-refractivity contribution in [3.8, 4) is 0 Å². The molecule has 1 rings (SSSR count). The van der Waals surface area contributed by atoms with Gasteiger partial charge in [0.25, 0.3) is 0 Å². The van der Waals surface area contributed by atoms with Crippen LogP contribution in [0, 0.1) is 0 Å². The van der Waals surface area contributed by atoms with Crippen LogP contribution >= 0.6 is 11.8 Å². The van der Waals surface area contributed by atoms with Crippen LogP contribution in [0.25, 0.3) is 0 Å². The minimum atomic E-state index is 0.455. The van der Waals surface area contributed by atoms with Crippen molar-refractivity contribution >= 4 is 11.8 Å². The first-order valence-electron chi connectivity index (χ1n) is 2.60. The fourth-order valence-corrected chi connectivity index (χ4v) is 0.780. The molecular formula is C6H9ClN+. The summed E-state index contributed by atoms with van der Waals surface area (Å²) in [6, 6.07) is 0. The van der Waals surface area contributed by atoms with Crippen molar-refractivity contribution in [1.82, 2.24) is 0 Å². The minimum absolute atomic E-state index is 0.455. The van der Waals surface area contributed by atoms with Gasteiger partial charge in [0, 0.05) is 0 Å². The lowest BCUT2D eigenvalue weighted by atomic mass is 10.4. The van der Waals surface area contributed by atoms with Gasteiger partial charge in [-0.2, -0.15) is 4.00 Å². The molecule has 0 spiro atoms. The van der Waals surface area contributed by atoms with Gasteiger partial charge < -0.3 is 0 Å². The molecule has 1 nitrogen and oxygen atoms in total. The van der Waals surface area contributed by atoms with Crippen LogP contribution in [0.5, 0.6) is 0 Å². The molecule has 0 saturated carbocycles. The Labute approximate surface area is 54.6 Å². The van der Waals surface area contributed by atoms with E-state index in [1.54, 1.807) is 0 Å². The molecule has 1 heterocycles. The second-order valence-electron chi connectivity index (χ2n) is 2.10. The van der Waals surface area contributed by atoms with Crippen molar-refractivity contribution in [3.63, 3.8) is 0 Å². The van der Waals surface area contributed by atoms with Crippen LogP contribution in [0.3, 0.4) is 0 Å². The molecule has 0 aliphatic carbocycles. The zero-order chi connectivity index (χ0) is 6.04. The Balaban J connectivity index is 2.65. The first kappa shape index (κ1) is 5.86. The number of nitrogens with zero attached hydrogens (tertiary/aromatic N) is 1. The third-order valence-electron chi connectivity index (χ3n) is 1.11. The molecule has 2 heteroatoms. The Bertz CT molecular complexity index is 135. The van der Waals surface area contributed by atoms with Crippen molar-refractivity contribution < 1.29 is 4.00 Å². The molecule has 0 amide bonds. The van der Waals surface area contributed by atoms with Gasteiger partial charge in [-0.25, -0.2) is 0 Å². The molecule has 0 N–H and O–H groups in total. The maximum atomic E-state index is 5.87. The van der Waals surface area contributed by atoms with Crippen LogP contribution in [0.4, 0.5) is 0 Å². The molecule has 0 saturated heterocycles. The van der Waals surface area contributed by atoms with Crippen molar-refractivity contribution in [1.29, 1.82) is 0 Å². The van der Waals surface area contributed by atoms with Crippen LogP contribution in [-0.2, 0) is 0 Å². The van der Waals surface area contributed by atoms with E-state index >= 15 is 0 Å². The van der Waals surface area contributed by atoms with Crippen molar-refractivity contribution in [3.05, 3.63) is 24.4 Å². The summed E-state index contributed by atoms with van der Waals surface area (Å²) in [4.78, 5) is 0. The summed E-state index contributed by atoms with van der Waals surface area (Å²) in [6.45, 7) is 0.887. The Morgan fingerprint density at radius 2 is 2.25 bits per heavy atom. The maximum Gasteiger partial charge on any atom is 0.170 e. The molecule has 0 bridgehead atoms. The number of hydrogen-bond donors (Lipinski definition) is 0. The SMILES string of the molecule is C[N+]1(Cl)C=CC=CC1. The van der Waals surface area contributed by atoms with Gasteiger partial charge in [-0.05, 0) is 12.2 Å².